The molecule has 0 heterocycles. The van der Waals surface area contributed by atoms with Gasteiger partial charge in [-0.3, -0.25) is 9.59 Å². The van der Waals surface area contributed by atoms with Crippen LogP contribution in [0.5, 0.6) is 0 Å². The fraction of sp³-hybridized carbons (Fsp3) is 0.531. The molecular formula is C32H47N3O4. The van der Waals surface area contributed by atoms with Gasteiger partial charge in [-0.25, -0.2) is 4.79 Å². The topological polar surface area (TPSA) is 87.7 Å². The van der Waals surface area contributed by atoms with Crippen LogP contribution in [0, 0.1) is 6.92 Å². The highest BCUT2D eigenvalue weighted by Gasteiger charge is 2.34. The molecule has 0 aromatic heterocycles. The Labute approximate surface area is 234 Å². The molecule has 3 amide bonds. The van der Waals surface area contributed by atoms with Crippen molar-refractivity contribution in [3.63, 3.8) is 0 Å². The minimum Gasteiger partial charge on any atom is -0.444 e. The highest BCUT2D eigenvalue weighted by Crippen LogP contribution is 2.24. The molecule has 0 aliphatic heterocycles. The standard InChI is InChI=1S/C32H47N3O4/c1-7-8-9-10-11-15-22-35(30(37)25(3)34-31(38)39-32(4,5)6)28(27-20-18-24(2)19-21-27)29(36)33-23-26-16-13-12-14-17-26/h12-14,16-21,25,28H,7-11,15,22-23H2,1-6H3,(H,33,36)(H,34,38). The lowest BCUT2D eigenvalue weighted by Crippen LogP contribution is -2.52. The third-order valence-corrected chi connectivity index (χ3v) is 6.40. The zero-order valence-corrected chi connectivity index (χ0v) is 24.6. The Balaban J connectivity index is 2.31. The van der Waals surface area contributed by atoms with Crippen LogP contribution in [0.1, 0.15) is 95.9 Å². The zero-order chi connectivity index (χ0) is 28.8. The van der Waals surface area contributed by atoms with Crippen molar-refractivity contribution in [2.75, 3.05) is 6.54 Å². The molecule has 2 atom stereocenters. The summed E-state index contributed by atoms with van der Waals surface area (Å²) in [5, 5.41) is 5.69. The first-order chi connectivity index (χ1) is 18.5. The molecule has 7 heteroatoms. The Bertz CT molecular complexity index is 1030. The van der Waals surface area contributed by atoms with Gasteiger partial charge in [0.25, 0.3) is 0 Å². The molecule has 0 aliphatic rings. The molecule has 0 saturated carbocycles. The average molecular weight is 538 g/mol. The van der Waals surface area contributed by atoms with Gasteiger partial charge in [-0.05, 0) is 52.2 Å². The van der Waals surface area contributed by atoms with Crippen LogP contribution in [0.25, 0.3) is 0 Å². The summed E-state index contributed by atoms with van der Waals surface area (Å²) >= 11 is 0. The second-order valence-corrected chi connectivity index (χ2v) is 11.2. The van der Waals surface area contributed by atoms with Crippen molar-refractivity contribution in [2.24, 2.45) is 0 Å². The van der Waals surface area contributed by atoms with Crippen LogP contribution in [0.2, 0.25) is 0 Å². The number of nitrogens with zero attached hydrogens (tertiary/aromatic N) is 1. The highest BCUT2D eigenvalue weighted by atomic mass is 16.6. The van der Waals surface area contributed by atoms with Gasteiger partial charge in [0.15, 0.2) is 0 Å². The third kappa shape index (κ3) is 11.5. The molecule has 39 heavy (non-hydrogen) atoms. The molecule has 214 valence electrons. The molecule has 0 spiro atoms. The predicted molar refractivity (Wildman–Crippen MR) is 156 cm³/mol. The lowest BCUT2D eigenvalue weighted by Gasteiger charge is -2.34. The summed E-state index contributed by atoms with van der Waals surface area (Å²) < 4.78 is 5.37. The summed E-state index contributed by atoms with van der Waals surface area (Å²) in [7, 11) is 0. The van der Waals surface area contributed by atoms with Gasteiger partial charge < -0.3 is 20.3 Å². The molecule has 2 aromatic carbocycles. The maximum absolute atomic E-state index is 13.8. The van der Waals surface area contributed by atoms with E-state index in [4.69, 9.17) is 4.74 Å². The average Bonchev–Trinajstić information content (AvgIpc) is 2.88. The summed E-state index contributed by atoms with van der Waals surface area (Å²) in [6, 6.07) is 15.7. The summed E-state index contributed by atoms with van der Waals surface area (Å²) in [6.07, 6.45) is 5.65. The first kappa shape index (κ1) is 31.9. The number of amides is 3. The van der Waals surface area contributed by atoms with Crippen molar-refractivity contribution in [2.45, 2.75) is 104 Å². The number of carbonyl (C=O) groups is 3. The van der Waals surface area contributed by atoms with E-state index < -0.39 is 23.8 Å². The Kier molecular flexibility index (Phi) is 13.0. The molecule has 0 radical (unpaired) electrons. The van der Waals surface area contributed by atoms with Crippen molar-refractivity contribution in [3.05, 3.63) is 71.3 Å². The van der Waals surface area contributed by atoms with Crippen LogP contribution in [0.15, 0.2) is 54.6 Å². The second kappa shape index (κ2) is 15.9. The van der Waals surface area contributed by atoms with Crippen molar-refractivity contribution in [3.8, 4) is 0 Å². The van der Waals surface area contributed by atoms with Crippen molar-refractivity contribution in [1.29, 1.82) is 0 Å². The van der Waals surface area contributed by atoms with Crippen LogP contribution in [-0.2, 0) is 20.9 Å². The van der Waals surface area contributed by atoms with Crippen LogP contribution < -0.4 is 10.6 Å². The van der Waals surface area contributed by atoms with Crippen LogP contribution >= 0.6 is 0 Å². The maximum Gasteiger partial charge on any atom is 0.408 e. The molecular weight excluding hydrogens is 490 g/mol. The predicted octanol–water partition coefficient (Wildman–Crippen LogP) is 6.45. The fourth-order valence-electron chi connectivity index (χ4n) is 4.33. The number of benzene rings is 2. The van der Waals surface area contributed by atoms with E-state index in [1.54, 1.807) is 32.6 Å². The lowest BCUT2D eigenvalue weighted by molar-refractivity contribution is -0.142. The van der Waals surface area contributed by atoms with Gasteiger partial charge in [0.2, 0.25) is 11.8 Å². The summed E-state index contributed by atoms with van der Waals surface area (Å²) in [5.74, 6) is -0.582. The first-order valence-corrected chi connectivity index (χ1v) is 14.2. The summed E-state index contributed by atoms with van der Waals surface area (Å²) in [5.41, 5.74) is 2.08. The molecule has 0 saturated heterocycles. The van der Waals surface area contributed by atoms with Gasteiger partial charge in [0.1, 0.15) is 17.7 Å². The van der Waals surface area contributed by atoms with E-state index in [2.05, 4.69) is 17.6 Å². The van der Waals surface area contributed by atoms with E-state index in [9.17, 15) is 14.4 Å². The quantitative estimate of drug-likeness (QED) is 0.271. The van der Waals surface area contributed by atoms with Crippen LogP contribution in [0.3, 0.4) is 0 Å². The third-order valence-electron chi connectivity index (χ3n) is 6.40. The smallest absolute Gasteiger partial charge is 0.408 e. The van der Waals surface area contributed by atoms with Crippen molar-refractivity contribution in [1.82, 2.24) is 15.5 Å². The normalized spacial score (nSPS) is 12.8. The zero-order valence-electron chi connectivity index (χ0n) is 24.6. The van der Waals surface area contributed by atoms with Crippen molar-refractivity contribution >= 4 is 17.9 Å². The number of nitrogens with one attached hydrogen (secondary N) is 2. The minimum absolute atomic E-state index is 0.258. The number of hydrogen-bond acceptors (Lipinski definition) is 4. The molecule has 0 fully saturated rings. The van der Waals surface area contributed by atoms with E-state index in [0.717, 1.165) is 48.8 Å². The van der Waals surface area contributed by atoms with Crippen LogP contribution in [-0.4, -0.2) is 41.0 Å². The van der Waals surface area contributed by atoms with Crippen molar-refractivity contribution < 1.29 is 19.1 Å². The molecule has 0 bridgehead atoms. The van der Waals surface area contributed by atoms with Gasteiger partial charge in [-0.15, -0.1) is 0 Å². The summed E-state index contributed by atoms with van der Waals surface area (Å²) in [6.45, 7) is 11.9. The Morgan fingerprint density at radius 2 is 1.51 bits per heavy atom. The molecule has 2 rings (SSSR count). The Morgan fingerprint density at radius 3 is 2.13 bits per heavy atom. The number of rotatable bonds is 14. The van der Waals surface area contributed by atoms with E-state index >= 15 is 0 Å². The van der Waals surface area contributed by atoms with E-state index in [0.29, 0.717) is 13.1 Å². The monoisotopic (exact) mass is 537 g/mol. The van der Waals surface area contributed by atoms with Gasteiger partial charge in [-0.1, -0.05) is 99.2 Å². The second-order valence-electron chi connectivity index (χ2n) is 11.2. The Hall–Kier alpha value is -3.35. The molecule has 2 aromatic rings. The van der Waals surface area contributed by atoms with Gasteiger partial charge in [0, 0.05) is 13.1 Å². The highest BCUT2D eigenvalue weighted by molar-refractivity contribution is 5.92. The number of carbonyl (C=O) groups excluding carboxylic acids is 3. The fourth-order valence-corrected chi connectivity index (χ4v) is 4.33. The van der Waals surface area contributed by atoms with E-state index in [1.807, 2.05) is 61.5 Å². The molecule has 7 nitrogen and oxygen atoms in total. The minimum atomic E-state index is -0.866. The van der Waals surface area contributed by atoms with Gasteiger partial charge in [-0.2, -0.15) is 0 Å². The van der Waals surface area contributed by atoms with Crippen LogP contribution in [0.4, 0.5) is 4.79 Å². The molecule has 2 unspecified atom stereocenters. The van der Waals surface area contributed by atoms with E-state index in [-0.39, 0.29) is 11.8 Å². The van der Waals surface area contributed by atoms with Gasteiger partial charge in [0.05, 0.1) is 0 Å². The number of alkyl carbamates (subject to hydrolysis) is 1. The number of hydrogen-bond donors (Lipinski definition) is 2. The summed E-state index contributed by atoms with van der Waals surface area (Å²) in [4.78, 5) is 41.6. The molecule has 0 aliphatic carbocycles. The first-order valence-electron chi connectivity index (χ1n) is 14.2. The van der Waals surface area contributed by atoms with Gasteiger partial charge >= 0.3 is 6.09 Å². The maximum atomic E-state index is 13.8. The lowest BCUT2D eigenvalue weighted by atomic mass is 10.0. The molecule has 2 N–H and O–H groups in total. The van der Waals surface area contributed by atoms with E-state index in [1.165, 1.54) is 6.42 Å². The Morgan fingerprint density at radius 1 is 0.897 bits per heavy atom. The number of unbranched alkanes of at least 4 members (excludes halogenated alkanes) is 5. The number of aryl methyl sites for hydroxylation is 1. The largest absolute Gasteiger partial charge is 0.444 e. The number of ether oxygens (including phenoxy) is 1. The SMILES string of the molecule is CCCCCCCCN(C(=O)C(C)NC(=O)OC(C)(C)C)C(C(=O)NCc1ccccc1)c1ccc(C)cc1.